The number of aryl methyl sites for hydroxylation is 1. The second-order valence-corrected chi connectivity index (χ2v) is 6.76. The Morgan fingerprint density at radius 1 is 1.14 bits per heavy atom. The van der Waals surface area contributed by atoms with Gasteiger partial charge in [-0.2, -0.15) is 4.98 Å². The SMILES string of the molecule is COC(=O)c1ccc(C2c3cc4c(cc3Oc3nc(C)[nH]c(=O)c32)OCO4)cc1. The van der Waals surface area contributed by atoms with E-state index in [4.69, 9.17) is 18.9 Å². The second-order valence-electron chi connectivity index (χ2n) is 6.76. The molecule has 0 spiro atoms. The van der Waals surface area contributed by atoms with Crippen LogP contribution in [-0.2, 0) is 4.74 Å². The molecule has 0 radical (unpaired) electrons. The number of hydrogen-bond acceptors (Lipinski definition) is 7. The molecule has 2 aromatic carbocycles. The van der Waals surface area contributed by atoms with Crippen molar-refractivity contribution in [3.8, 4) is 23.1 Å². The molecule has 1 aromatic heterocycles. The van der Waals surface area contributed by atoms with Crippen molar-refractivity contribution in [3.05, 3.63) is 74.8 Å². The Morgan fingerprint density at radius 2 is 1.86 bits per heavy atom. The fraction of sp³-hybridized carbons (Fsp3) is 0.190. The third-order valence-electron chi connectivity index (χ3n) is 5.02. The topological polar surface area (TPSA) is 99.7 Å². The summed E-state index contributed by atoms with van der Waals surface area (Å²) in [6.07, 6.45) is 0. The Hall–Kier alpha value is -3.81. The molecular weight excluding hydrogens is 376 g/mol. The van der Waals surface area contributed by atoms with Crippen molar-refractivity contribution in [2.24, 2.45) is 0 Å². The van der Waals surface area contributed by atoms with E-state index in [0.717, 1.165) is 11.1 Å². The van der Waals surface area contributed by atoms with E-state index in [9.17, 15) is 9.59 Å². The van der Waals surface area contributed by atoms with Gasteiger partial charge in [-0.3, -0.25) is 4.79 Å². The van der Waals surface area contributed by atoms with E-state index in [1.54, 1.807) is 37.3 Å². The number of benzene rings is 2. The molecule has 1 unspecified atom stereocenters. The molecule has 0 saturated heterocycles. The van der Waals surface area contributed by atoms with Gasteiger partial charge in [-0.05, 0) is 30.7 Å². The first-order chi connectivity index (χ1) is 14.0. The number of esters is 1. The standard InChI is InChI=1S/C21H16N2O6/c1-10-22-19(24)18-17(11-3-5-12(6-4-11)21(25)26-2)13-7-15-16(28-9-27-15)8-14(13)29-20(18)23-10/h3-8,17H,9H2,1-2H3,(H,22,23,24). The molecule has 8 nitrogen and oxygen atoms in total. The van der Waals surface area contributed by atoms with Crippen molar-refractivity contribution in [3.63, 3.8) is 0 Å². The van der Waals surface area contributed by atoms with Gasteiger partial charge in [-0.15, -0.1) is 0 Å². The Labute approximate surface area is 165 Å². The smallest absolute Gasteiger partial charge is 0.337 e. The lowest BCUT2D eigenvalue weighted by Gasteiger charge is -2.27. The number of nitrogens with one attached hydrogen (secondary N) is 1. The Balaban J connectivity index is 1.72. The van der Waals surface area contributed by atoms with Gasteiger partial charge in [0.25, 0.3) is 5.56 Å². The third-order valence-corrected chi connectivity index (χ3v) is 5.02. The zero-order valence-electron chi connectivity index (χ0n) is 15.6. The van der Waals surface area contributed by atoms with Gasteiger partial charge in [0.15, 0.2) is 11.5 Å². The van der Waals surface area contributed by atoms with Crippen LogP contribution >= 0.6 is 0 Å². The summed E-state index contributed by atoms with van der Waals surface area (Å²) in [6.45, 7) is 1.82. The first-order valence-corrected chi connectivity index (χ1v) is 8.95. The summed E-state index contributed by atoms with van der Waals surface area (Å²) < 4.78 is 21.7. The van der Waals surface area contributed by atoms with Crippen LogP contribution in [0.15, 0.2) is 41.2 Å². The highest BCUT2D eigenvalue weighted by Crippen LogP contribution is 2.49. The molecule has 1 N–H and O–H groups in total. The number of rotatable bonds is 2. The van der Waals surface area contributed by atoms with Crippen LogP contribution in [0.2, 0.25) is 0 Å². The lowest BCUT2D eigenvalue weighted by atomic mass is 9.83. The first kappa shape index (κ1) is 17.3. The quantitative estimate of drug-likeness (QED) is 0.524. The molecule has 0 aliphatic carbocycles. The number of methoxy groups -OCH3 is 1. The van der Waals surface area contributed by atoms with Crippen LogP contribution < -0.4 is 19.8 Å². The fourth-order valence-corrected chi connectivity index (χ4v) is 3.69. The molecule has 146 valence electrons. The summed E-state index contributed by atoms with van der Waals surface area (Å²) in [6, 6.07) is 10.5. The van der Waals surface area contributed by atoms with Crippen LogP contribution in [0.4, 0.5) is 0 Å². The number of hydrogen-bond donors (Lipinski definition) is 1. The molecule has 1 atom stereocenters. The molecule has 0 amide bonds. The Bertz CT molecular complexity index is 1200. The molecule has 5 rings (SSSR count). The van der Waals surface area contributed by atoms with Crippen molar-refractivity contribution in [1.82, 2.24) is 9.97 Å². The molecule has 0 saturated carbocycles. The summed E-state index contributed by atoms with van der Waals surface area (Å²) in [4.78, 5) is 31.7. The molecule has 29 heavy (non-hydrogen) atoms. The lowest BCUT2D eigenvalue weighted by Crippen LogP contribution is -2.24. The average molecular weight is 392 g/mol. The highest BCUT2D eigenvalue weighted by molar-refractivity contribution is 5.89. The van der Waals surface area contributed by atoms with Crippen LogP contribution in [0.3, 0.4) is 0 Å². The Kier molecular flexibility index (Phi) is 3.80. The number of aromatic amines is 1. The maximum Gasteiger partial charge on any atom is 0.337 e. The van der Waals surface area contributed by atoms with Crippen LogP contribution in [0.5, 0.6) is 23.1 Å². The highest BCUT2D eigenvalue weighted by Gasteiger charge is 2.35. The van der Waals surface area contributed by atoms with Crippen molar-refractivity contribution in [1.29, 1.82) is 0 Å². The van der Waals surface area contributed by atoms with E-state index in [1.165, 1.54) is 7.11 Å². The zero-order valence-corrected chi connectivity index (χ0v) is 15.6. The summed E-state index contributed by atoms with van der Waals surface area (Å²) in [5.41, 5.74) is 2.10. The van der Waals surface area contributed by atoms with Gasteiger partial charge >= 0.3 is 5.97 Å². The third kappa shape index (κ3) is 2.72. The number of nitrogens with zero attached hydrogens (tertiary/aromatic N) is 1. The van der Waals surface area contributed by atoms with Crippen molar-refractivity contribution in [2.75, 3.05) is 13.9 Å². The largest absolute Gasteiger partial charge is 0.465 e. The average Bonchev–Trinajstić information content (AvgIpc) is 3.17. The van der Waals surface area contributed by atoms with Crippen LogP contribution in [0, 0.1) is 6.92 Å². The summed E-state index contributed by atoms with van der Waals surface area (Å²) in [5, 5.41) is 0. The number of fused-ring (bicyclic) bond motifs is 3. The second kappa shape index (κ2) is 6.37. The maximum absolute atomic E-state index is 12.8. The zero-order chi connectivity index (χ0) is 20.1. The van der Waals surface area contributed by atoms with E-state index in [0.29, 0.717) is 34.2 Å². The normalized spacial score (nSPS) is 15.9. The highest BCUT2D eigenvalue weighted by atomic mass is 16.7. The number of carbonyl (C=O) groups excluding carboxylic acids is 1. The molecule has 3 heterocycles. The van der Waals surface area contributed by atoms with Crippen molar-refractivity contribution < 1.29 is 23.7 Å². The summed E-state index contributed by atoms with van der Waals surface area (Å²) in [5.74, 6) is 1.53. The molecule has 3 aromatic rings. The van der Waals surface area contributed by atoms with Crippen molar-refractivity contribution in [2.45, 2.75) is 12.8 Å². The predicted octanol–water partition coefficient (Wildman–Crippen LogP) is 2.88. The first-order valence-electron chi connectivity index (χ1n) is 8.95. The monoisotopic (exact) mass is 392 g/mol. The Morgan fingerprint density at radius 3 is 2.59 bits per heavy atom. The van der Waals surface area contributed by atoms with E-state index in [-0.39, 0.29) is 18.2 Å². The van der Waals surface area contributed by atoms with Gasteiger partial charge in [0.1, 0.15) is 11.6 Å². The molecule has 2 aliphatic rings. The molecule has 8 heteroatoms. The van der Waals surface area contributed by atoms with Gasteiger partial charge in [-0.25, -0.2) is 4.79 Å². The van der Waals surface area contributed by atoms with Crippen LogP contribution in [-0.4, -0.2) is 29.8 Å². The van der Waals surface area contributed by atoms with Gasteiger partial charge in [0, 0.05) is 17.5 Å². The van der Waals surface area contributed by atoms with Gasteiger partial charge in [0.2, 0.25) is 12.7 Å². The van der Waals surface area contributed by atoms with Crippen molar-refractivity contribution >= 4 is 5.97 Å². The number of ether oxygens (including phenoxy) is 4. The van der Waals surface area contributed by atoms with E-state index in [1.807, 2.05) is 6.07 Å². The van der Waals surface area contributed by atoms with Gasteiger partial charge < -0.3 is 23.9 Å². The van der Waals surface area contributed by atoms with Crippen LogP contribution in [0.25, 0.3) is 0 Å². The number of aromatic nitrogens is 2. The number of H-pyrrole nitrogens is 1. The minimum Gasteiger partial charge on any atom is -0.465 e. The number of carbonyl (C=O) groups is 1. The summed E-state index contributed by atoms with van der Waals surface area (Å²) in [7, 11) is 1.33. The van der Waals surface area contributed by atoms with Gasteiger partial charge in [-0.1, -0.05) is 12.1 Å². The predicted molar refractivity (Wildman–Crippen MR) is 101 cm³/mol. The summed E-state index contributed by atoms with van der Waals surface area (Å²) >= 11 is 0. The minimum absolute atomic E-state index is 0.127. The molecule has 2 aliphatic heterocycles. The van der Waals surface area contributed by atoms with E-state index < -0.39 is 11.9 Å². The molecular formula is C21H16N2O6. The van der Waals surface area contributed by atoms with Gasteiger partial charge in [0.05, 0.1) is 18.2 Å². The van der Waals surface area contributed by atoms with Crippen LogP contribution in [0.1, 0.15) is 38.8 Å². The van der Waals surface area contributed by atoms with E-state index >= 15 is 0 Å². The van der Waals surface area contributed by atoms with E-state index in [2.05, 4.69) is 9.97 Å². The maximum atomic E-state index is 12.8. The molecule has 0 fully saturated rings. The molecule has 0 bridgehead atoms. The fourth-order valence-electron chi connectivity index (χ4n) is 3.69. The minimum atomic E-state index is -0.452. The lowest BCUT2D eigenvalue weighted by molar-refractivity contribution is 0.0600.